The number of anilines is 2. The van der Waals surface area contributed by atoms with Crippen LogP contribution in [0.5, 0.6) is 0 Å². The molecule has 1 saturated heterocycles. The Bertz CT molecular complexity index is 795. The minimum absolute atomic E-state index is 0.156. The molecule has 1 aromatic rings. The number of allylic oxidation sites excluding steroid dienone is 1. The zero-order chi connectivity index (χ0) is 22.6. The lowest BCUT2D eigenvalue weighted by Gasteiger charge is -2.34. The van der Waals surface area contributed by atoms with Gasteiger partial charge in [-0.3, -0.25) is 0 Å². The molecule has 1 aromatic carbocycles. The molecule has 168 valence electrons. The van der Waals surface area contributed by atoms with Gasteiger partial charge in [0.15, 0.2) is 0 Å². The quantitative estimate of drug-likeness (QED) is 0.394. The molecule has 1 unspecified atom stereocenters. The minimum atomic E-state index is 0.156. The predicted octanol–water partition coefficient (Wildman–Crippen LogP) is 4.90. The van der Waals surface area contributed by atoms with Gasteiger partial charge in [-0.1, -0.05) is 37.1 Å². The molecule has 4 heteroatoms. The molecule has 0 spiro atoms. The summed E-state index contributed by atoms with van der Waals surface area (Å²) < 4.78 is 0. The van der Waals surface area contributed by atoms with Crippen molar-refractivity contribution in [1.29, 1.82) is 0 Å². The van der Waals surface area contributed by atoms with Gasteiger partial charge in [-0.05, 0) is 69.4 Å². The number of nitrogens with zero attached hydrogens (tertiary/aromatic N) is 2. The standard InChI is InChI=1S/C27H40N4/c1-7-9-16-25(22(3)28-4)31(6)26-17-12-15-24(27(26)30(5)8-2)14-11-10-13-23-18-20-29-21-19-23/h7-8,12,15,17,23,25,28-29H,1-3,9-10,13,16,18-21H2,4-6H3. The number of piperidine rings is 1. The average Bonchev–Trinajstić information content (AvgIpc) is 2.81. The van der Waals surface area contributed by atoms with Crippen LogP contribution in [0.2, 0.25) is 0 Å². The highest BCUT2D eigenvalue weighted by Crippen LogP contribution is 2.34. The van der Waals surface area contributed by atoms with Crippen LogP contribution in [0, 0.1) is 17.8 Å². The zero-order valence-electron chi connectivity index (χ0n) is 19.7. The van der Waals surface area contributed by atoms with Gasteiger partial charge in [0.25, 0.3) is 0 Å². The predicted molar refractivity (Wildman–Crippen MR) is 137 cm³/mol. The second-order valence-electron chi connectivity index (χ2n) is 8.27. The van der Waals surface area contributed by atoms with Crippen molar-refractivity contribution in [2.45, 2.75) is 44.6 Å². The molecule has 1 aliphatic heterocycles. The summed E-state index contributed by atoms with van der Waals surface area (Å²) in [6, 6.07) is 6.51. The van der Waals surface area contributed by atoms with Crippen LogP contribution in [0.25, 0.3) is 0 Å². The van der Waals surface area contributed by atoms with Crippen LogP contribution in [0.3, 0.4) is 0 Å². The highest BCUT2D eigenvalue weighted by molar-refractivity contribution is 5.79. The van der Waals surface area contributed by atoms with E-state index in [0.717, 1.165) is 60.9 Å². The van der Waals surface area contributed by atoms with Crippen molar-refractivity contribution in [2.24, 2.45) is 5.92 Å². The van der Waals surface area contributed by atoms with Gasteiger partial charge < -0.3 is 20.4 Å². The first-order valence-electron chi connectivity index (χ1n) is 11.4. The maximum atomic E-state index is 4.24. The summed E-state index contributed by atoms with van der Waals surface area (Å²) in [4.78, 5) is 4.35. The van der Waals surface area contributed by atoms with Crippen molar-refractivity contribution in [3.05, 3.63) is 61.5 Å². The Balaban J connectivity index is 2.29. The number of hydrogen-bond donors (Lipinski definition) is 2. The first-order chi connectivity index (χ1) is 15.0. The molecule has 0 saturated carbocycles. The van der Waals surface area contributed by atoms with E-state index in [1.165, 1.54) is 19.3 Å². The summed E-state index contributed by atoms with van der Waals surface area (Å²) in [5.41, 5.74) is 4.24. The monoisotopic (exact) mass is 420 g/mol. The smallest absolute Gasteiger partial charge is 0.0800 e. The third-order valence-corrected chi connectivity index (χ3v) is 6.22. The highest BCUT2D eigenvalue weighted by Gasteiger charge is 2.22. The van der Waals surface area contributed by atoms with Crippen LogP contribution >= 0.6 is 0 Å². The van der Waals surface area contributed by atoms with E-state index < -0.39 is 0 Å². The molecular formula is C27H40N4. The number of likely N-dealkylation sites (N-methyl/N-ethyl adjacent to an activating group) is 2. The molecule has 1 heterocycles. The Hall–Kier alpha value is -2.64. The fraction of sp³-hybridized carbons (Fsp3) is 0.481. The summed E-state index contributed by atoms with van der Waals surface area (Å²) in [6.07, 6.45) is 10.4. The number of hydrogen-bond acceptors (Lipinski definition) is 4. The molecule has 2 N–H and O–H groups in total. The first kappa shape index (κ1) is 24.6. The van der Waals surface area contributed by atoms with E-state index >= 15 is 0 Å². The molecule has 0 amide bonds. The Morgan fingerprint density at radius 2 is 2.03 bits per heavy atom. The molecule has 0 aliphatic carbocycles. The van der Waals surface area contributed by atoms with Crippen LogP contribution in [-0.2, 0) is 0 Å². The van der Waals surface area contributed by atoms with E-state index in [1.807, 2.05) is 26.4 Å². The highest BCUT2D eigenvalue weighted by atomic mass is 15.2. The molecule has 2 rings (SSSR count). The van der Waals surface area contributed by atoms with E-state index in [9.17, 15) is 0 Å². The third kappa shape index (κ3) is 6.94. The Morgan fingerprint density at radius 3 is 2.68 bits per heavy atom. The summed E-state index contributed by atoms with van der Waals surface area (Å²) in [6.45, 7) is 14.4. The molecule has 31 heavy (non-hydrogen) atoms. The second kappa shape index (κ2) is 12.9. The van der Waals surface area contributed by atoms with Gasteiger partial charge in [-0.25, -0.2) is 0 Å². The number of rotatable bonds is 11. The first-order valence-corrected chi connectivity index (χ1v) is 11.4. The van der Waals surface area contributed by atoms with Gasteiger partial charge >= 0.3 is 0 Å². The summed E-state index contributed by atoms with van der Waals surface area (Å²) in [7, 11) is 6.09. The second-order valence-corrected chi connectivity index (χ2v) is 8.27. The van der Waals surface area contributed by atoms with Gasteiger partial charge in [0.05, 0.1) is 23.0 Å². The lowest BCUT2D eigenvalue weighted by Crippen LogP contribution is -2.37. The molecule has 1 atom stereocenters. The minimum Gasteiger partial charge on any atom is -0.390 e. The van der Waals surface area contributed by atoms with Crippen molar-refractivity contribution in [2.75, 3.05) is 44.0 Å². The van der Waals surface area contributed by atoms with E-state index in [1.54, 1.807) is 0 Å². The summed E-state index contributed by atoms with van der Waals surface area (Å²) >= 11 is 0. The van der Waals surface area contributed by atoms with Crippen LogP contribution in [0.1, 0.15) is 44.1 Å². The maximum Gasteiger partial charge on any atom is 0.0800 e. The fourth-order valence-electron chi connectivity index (χ4n) is 4.20. The Morgan fingerprint density at radius 1 is 1.29 bits per heavy atom. The summed E-state index contributed by atoms with van der Waals surface area (Å²) in [5.74, 6) is 7.70. The van der Waals surface area contributed by atoms with Gasteiger partial charge in [0, 0.05) is 33.3 Å². The molecule has 0 bridgehead atoms. The van der Waals surface area contributed by atoms with Crippen molar-refractivity contribution >= 4 is 11.4 Å². The largest absolute Gasteiger partial charge is 0.390 e. The van der Waals surface area contributed by atoms with Gasteiger partial charge in [0.2, 0.25) is 0 Å². The van der Waals surface area contributed by atoms with Crippen molar-refractivity contribution < 1.29 is 0 Å². The van der Waals surface area contributed by atoms with Crippen molar-refractivity contribution in [3.63, 3.8) is 0 Å². The SMILES string of the molecule is C=CCCC(C(=C)NC)N(C)c1cccc(C#CCCC2CCNCC2)c1N(C)C=C. The van der Waals surface area contributed by atoms with Crippen LogP contribution in [0.4, 0.5) is 11.4 Å². The maximum absolute atomic E-state index is 4.24. The van der Waals surface area contributed by atoms with Gasteiger partial charge in [-0.2, -0.15) is 0 Å². The normalized spacial score (nSPS) is 14.7. The Labute approximate surface area is 190 Å². The molecule has 1 aliphatic rings. The number of para-hydroxylation sites is 1. The van der Waals surface area contributed by atoms with Crippen LogP contribution in [0.15, 0.2) is 55.9 Å². The number of nitrogens with one attached hydrogen (secondary N) is 2. The van der Waals surface area contributed by atoms with Crippen molar-refractivity contribution in [3.8, 4) is 11.8 Å². The summed E-state index contributed by atoms with van der Waals surface area (Å²) in [5, 5.41) is 6.67. The van der Waals surface area contributed by atoms with E-state index in [2.05, 4.69) is 77.3 Å². The fourth-order valence-corrected chi connectivity index (χ4v) is 4.20. The lowest BCUT2D eigenvalue weighted by molar-refractivity contribution is 0.357. The average molecular weight is 421 g/mol. The molecule has 0 radical (unpaired) electrons. The third-order valence-electron chi connectivity index (χ3n) is 6.22. The molecule has 4 nitrogen and oxygen atoms in total. The molecule has 1 fully saturated rings. The van der Waals surface area contributed by atoms with E-state index in [-0.39, 0.29) is 6.04 Å². The number of benzene rings is 1. The topological polar surface area (TPSA) is 30.5 Å². The zero-order valence-corrected chi connectivity index (χ0v) is 19.7. The van der Waals surface area contributed by atoms with Crippen LogP contribution in [-0.4, -0.2) is 40.3 Å². The lowest BCUT2D eigenvalue weighted by atomic mass is 9.93. The van der Waals surface area contributed by atoms with Crippen LogP contribution < -0.4 is 20.4 Å². The van der Waals surface area contributed by atoms with E-state index in [0.29, 0.717) is 0 Å². The van der Waals surface area contributed by atoms with Gasteiger partial charge in [-0.15, -0.1) is 6.58 Å². The van der Waals surface area contributed by atoms with Gasteiger partial charge in [0.1, 0.15) is 0 Å². The Kier molecular flexibility index (Phi) is 10.3. The van der Waals surface area contributed by atoms with Crippen molar-refractivity contribution in [1.82, 2.24) is 10.6 Å². The van der Waals surface area contributed by atoms with E-state index in [4.69, 9.17) is 0 Å². The molecular weight excluding hydrogens is 380 g/mol. The molecule has 0 aromatic heterocycles.